The second kappa shape index (κ2) is 10.1. The van der Waals surface area contributed by atoms with E-state index in [1.165, 1.54) is 0 Å². The summed E-state index contributed by atoms with van der Waals surface area (Å²) in [5.74, 6) is 1.25. The highest BCUT2D eigenvalue weighted by atomic mass is 15.0. The van der Waals surface area contributed by atoms with Gasteiger partial charge in [0.2, 0.25) is 0 Å². The van der Waals surface area contributed by atoms with Crippen LogP contribution in [-0.2, 0) is 0 Å². The van der Waals surface area contributed by atoms with Gasteiger partial charge in [-0.05, 0) is 19.4 Å². The van der Waals surface area contributed by atoms with Gasteiger partial charge < -0.3 is 5.73 Å². The van der Waals surface area contributed by atoms with Crippen molar-refractivity contribution in [3.05, 3.63) is 85.1 Å². The third kappa shape index (κ3) is 6.74. The first-order chi connectivity index (χ1) is 11.1. The molecule has 2 N–H and O–H groups in total. The van der Waals surface area contributed by atoms with E-state index in [4.69, 9.17) is 5.73 Å². The van der Waals surface area contributed by atoms with Crippen molar-refractivity contribution >= 4 is 11.7 Å². The average Bonchev–Trinajstić information content (AvgIpc) is 2.84. The first-order valence-corrected chi connectivity index (χ1v) is 7.60. The van der Waals surface area contributed by atoms with E-state index in [9.17, 15) is 0 Å². The zero-order valence-electron chi connectivity index (χ0n) is 13.9. The van der Waals surface area contributed by atoms with Crippen molar-refractivity contribution in [3.8, 4) is 0 Å². The van der Waals surface area contributed by atoms with Crippen molar-refractivity contribution < 1.29 is 0 Å². The van der Waals surface area contributed by atoms with Crippen molar-refractivity contribution in [1.29, 1.82) is 0 Å². The van der Waals surface area contributed by atoms with Crippen LogP contribution in [0.5, 0.6) is 0 Å². The van der Waals surface area contributed by atoms with Gasteiger partial charge in [0, 0.05) is 11.5 Å². The largest absolute Gasteiger partial charge is 0.383 e. The summed E-state index contributed by atoms with van der Waals surface area (Å²) in [6, 6.07) is 0. The maximum atomic E-state index is 6.00. The summed E-state index contributed by atoms with van der Waals surface area (Å²) >= 11 is 0. The standard InChI is InChI=1S/C20H25N3/c1-5-7-12-17(4)19(21)23-20(16(3)6-2)22-15-18-13-10-8-9-11-14-18/h5-14,18H,1,4,15H2,2-3H3,(H2,21,22,23)/b12-7-,16-6+. The maximum absolute atomic E-state index is 6.00. The van der Waals surface area contributed by atoms with Crippen LogP contribution >= 0.6 is 0 Å². The van der Waals surface area contributed by atoms with Crippen LogP contribution in [0.4, 0.5) is 0 Å². The van der Waals surface area contributed by atoms with Crippen LogP contribution < -0.4 is 5.73 Å². The Hall–Kier alpha value is -2.68. The van der Waals surface area contributed by atoms with Gasteiger partial charge in [-0.2, -0.15) is 0 Å². The molecule has 0 radical (unpaired) electrons. The third-order valence-corrected chi connectivity index (χ3v) is 3.28. The fraction of sp³-hybridized carbons (Fsp3) is 0.200. The minimum Gasteiger partial charge on any atom is -0.383 e. The summed E-state index contributed by atoms with van der Waals surface area (Å²) < 4.78 is 0. The summed E-state index contributed by atoms with van der Waals surface area (Å²) in [5.41, 5.74) is 7.62. The number of hydrogen-bond donors (Lipinski definition) is 1. The first kappa shape index (κ1) is 18.4. The molecule has 0 bridgehead atoms. The molecule has 3 nitrogen and oxygen atoms in total. The Balaban J connectivity index is 2.96. The van der Waals surface area contributed by atoms with Gasteiger partial charge in [0.05, 0.1) is 6.54 Å². The molecule has 1 aliphatic rings. The highest BCUT2D eigenvalue weighted by Gasteiger charge is 2.05. The Bertz CT molecular complexity index is 622. The van der Waals surface area contributed by atoms with Gasteiger partial charge >= 0.3 is 0 Å². The molecule has 0 aromatic rings. The van der Waals surface area contributed by atoms with Crippen molar-refractivity contribution in [3.63, 3.8) is 0 Å². The van der Waals surface area contributed by atoms with Crippen LogP contribution in [-0.4, -0.2) is 18.2 Å². The molecule has 0 saturated carbocycles. The zero-order chi connectivity index (χ0) is 17.1. The summed E-state index contributed by atoms with van der Waals surface area (Å²) in [6.07, 6.45) is 19.5. The van der Waals surface area contributed by atoms with Gasteiger partial charge in [-0.3, -0.25) is 4.99 Å². The lowest BCUT2D eigenvalue weighted by Crippen LogP contribution is -2.16. The van der Waals surface area contributed by atoms with Gasteiger partial charge in [-0.1, -0.05) is 73.9 Å². The molecule has 0 saturated heterocycles. The Kier molecular flexibility index (Phi) is 8.08. The number of amidine groups is 2. The van der Waals surface area contributed by atoms with E-state index in [2.05, 4.69) is 35.3 Å². The summed E-state index contributed by atoms with van der Waals surface area (Å²) in [4.78, 5) is 9.06. The lowest BCUT2D eigenvalue weighted by Gasteiger charge is -2.07. The van der Waals surface area contributed by atoms with Gasteiger partial charge in [-0.15, -0.1) is 0 Å². The second-order valence-corrected chi connectivity index (χ2v) is 5.07. The fourth-order valence-corrected chi connectivity index (χ4v) is 1.75. The molecule has 0 unspecified atom stereocenters. The molecule has 0 spiro atoms. The van der Waals surface area contributed by atoms with E-state index >= 15 is 0 Å². The van der Waals surface area contributed by atoms with Crippen LogP contribution in [0.1, 0.15) is 13.8 Å². The van der Waals surface area contributed by atoms with Crippen LogP contribution in [0.3, 0.4) is 0 Å². The van der Waals surface area contributed by atoms with Crippen LogP contribution in [0.15, 0.2) is 95.0 Å². The van der Waals surface area contributed by atoms with Crippen LogP contribution in [0, 0.1) is 5.92 Å². The lowest BCUT2D eigenvalue weighted by atomic mass is 10.1. The van der Waals surface area contributed by atoms with Crippen molar-refractivity contribution in [2.45, 2.75) is 13.8 Å². The van der Waals surface area contributed by atoms with Gasteiger partial charge in [0.15, 0.2) is 5.84 Å². The molecule has 3 heteroatoms. The summed E-state index contributed by atoms with van der Waals surface area (Å²) in [7, 11) is 0. The van der Waals surface area contributed by atoms with Crippen LogP contribution in [0.2, 0.25) is 0 Å². The molecule has 1 rings (SSSR count). The van der Waals surface area contributed by atoms with E-state index in [0.29, 0.717) is 23.8 Å². The highest BCUT2D eigenvalue weighted by Crippen LogP contribution is 2.09. The average molecular weight is 307 g/mol. The van der Waals surface area contributed by atoms with E-state index in [1.807, 2.05) is 44.2 Å². The van der Waals surface area contributed by atoms with E-state index in [0.717, 1.165) is 5.57 Å². The summed E-state index contributed by atoms with van der Waals surface area (Å²) in [5, 5.41) is 0. The number of hydrogen-bond acceptors (Lipinski definition) is 1. The number of nitrogens with zero attached hydrogens (tertiary/aromatic N) is 2. The molecule has 0 atom stereocenters. The molecule has 0 amide bonds. The van der Waals surface area contributed by atoms with Crippen molar-refractivity contribution in [1.82, 2.24) is 0 Å². The number of allylic oxidation sites excluding steroid dienone is 7. The Morgan fingerprint density at radius 1 is 1.22 bits per heavy atom. The van der Waals surface area contributed by atoms with Gasteiger partial charge in [0.25, 0.3) is 0 Å². The van der Waals surface area contributed by atoms with Gasteiger partial charge in [0.1, 0.15) is 5.84 Å². The SMILES string of the molecule is C=C/C=C\C(=C)C(N)=NC(=NCC1C=CC=CC=C1)/C(C)=C/C. The minimum atomic E-state index is 0.255. The quantitative estimate of drug-likeness (QED) is 0.444. The Morgan fingerprint density at radius 3 is 2.43 bits per heavy atom. The molecule has 0 aliphatic heterocycles. The second-order valence-electron chi connectivity index (χ2n) is 5.07. The maximum Gasteiger partial charge on any atom is 0.152 e. The monoisotopic (exact) mass is 307 g/mol. The molecule has 1 aliphatic carbocycles. The zero-order valence-corrected chi connectivity index (χ0v) is 13.9. The molecular formula is C20H25N3. The third-order valence-electron chi connectivity index (χ3n) is 3.28. The molecule has 0 heterocycles. The van der Waals surface area contributed by atoms with Crippen LogP contribution in [0.25, 0.3) is 0 Å². The molecule has 0 aromatic heterocycles. The number of rotatable bonds is 6. The number of aliphatic imine (C=N–C) groups is 2. The molecule has 120 valence electrons. The lowest BCUT2D eigenvalue weighted by molar-refractivity contribution is 0.821. The molecule has 0 aromatic carbocycles. The fourth-order valence-electron chi connectivity index (χ4n) is 1.75. The van der Waals surface area contributed by atoms with E-state index in [-0.39, 0.29) is 5.92 Å². The molecular weight excluding hydrogens is 282 g/mol. The normalized spacial score (nSPS) is 16.9. The van der Waals surface area contributed by atoms with E-state index < -0.39 is 0 Å². The number of nitrogens with two attached hydrogens (primary N) is 1. The smallest absolute Gasteiger partial charge is 0.152 e. The topological polar surface area (TPSA) is 50.7 Å². The summed E-state index contributed by atoms with van der Waals surface area (Å²) in [6.45, 7) is 12.1. The Labute approximate surface area is 139 Å². The molecule has 23 heavy (non-hydrogen) atoms. The molecule has 0 fully saturated rings. The van der Waals surface area contributed by atoms with Gasteiger partial charge in [-0.25, -0.2) is 4.99 Å². The minimum absolute atomic E-state index is 0.255. The predicted molar refractivity (Wildman–Crippen MR) is 103 cm³/mol. The Morgan fingerprint density at radius 2 is 1.87 bits per heavy atom. The van der Waals surface area contributed by atoms with E-state index in [1.54, 1.807) is 18.2 Å². The predicted octanol–water partition coefficient (Wildman–Crippen LogP) is 4.31. The highest BCUT2D eigenvalue weighted by molar-refractivity contribution is 6.11. The van der Waals surface area contributed by atoms with Crippen molar-refractivity contribution in [2.24, 2.45) is 21.6 Å². The van der Waals surface area contributed by atoms with Crippen molar-refractivity contribution in [2.75, 3.05) is 6.54 Å². The first-order valence-electron chi connectivity index (χ1n) is 7.60.